The topological polar surface area (TPSA) is 16.8 Å². The SMILES string of the molecule is Clc1cns[n+]1-c1ccccc1.[Cl-]. The molecule has 0 fully saturated rings. The third-order valence-electron chi connectivity index (χ3n) is 1.47. The molecule has 0 amide bonds. The van der Waals surface area contributed by atoms with Gasteiger partial charge in [0.1, 0.15) is 5.69 Å². The molecule has 1 aromatic carbocycles. The lowest BCUT2D eigenvalue weighted by molar-refractivity contribution is -0.517. The van der Waals surface area contributed by atoms with Gasteiger partial charge in [-0.2, -0.15) is 0 Å². The first-order valence-electron chi connectivity index (χ1n) is 3.46. The second kappa shape index (κ2) is 4.56. The van der Waals surface area contributed by atoms with Gasteiger partial charge in [0.05, 0.1) is 0 Å². The van der Waals surface area contributed by atoms with Crippen molar-refractivity contribution in [2.45, 2.75) is 0 Å². The van der Waals surface area contributed by atoms with Crippen LogP contribution in [0.25, 0.3) is 5.69 Å². The highest BCUT2D eigenvalue weighted by atomic mass is 35.5. The Bertz CT molecular complexity index is 375. The van der Waals surface area contributed by atoms with Gasteiger partial charge in [-0.3, -0.25) is 0 Å². The highest BCUT2D eigenvalue weighted by Crippen LogP contribution is 2.06. The van der Waals surface area contributed by atoms with Crippen molar-refractivity contribution in [1.82, 2.24) is 4.37 Å². The van der Waals surface area contributed by atoms with Crippen LogP contribution in [0.5, 0.6) is 0 Å². The number of nitrogens with zero attached hydrogens (tertiary/aromatic N) is 2. The van der Waals surface area contributed by atoms with Gasteiger partial charge in [0, 0.05) is 4.37 Å². The van der Waals surface area contributed by atoms with E-state index in [1.54, 1.807) is 6.20 Å². The van der Waals surface area contributed by atoms with E-state index in [-0.39, 0.29) is 12.4 Å². The molecule has 0 saturated heterocycles. The first kappa shape index (κ1) is 10.4. The molecule has 2 nitrogen and oxygen atoms in total. The van der Waals surface area contributed by atoms with Gasteiger partial charge >= 0.3 is 0 Å². The van der Waals surface area contributed by atoms with Crippen molar-refractivity contribution in [3.05, 3.63) is 41.7 Å². The number of hydrogen-bond acceptors (Lipinski definition) is 2. The van der Waals surface area contributed by atoms with Gasteiger partial charge in [0.2, 0.25) is 6.20 Å². The lowest BCUT2D eigenvalue weighted by Crippen LogP contribution is -3.00. The first-order chi connectivity index (χ1) is 5.88. The van der Waals surface area contributed by atoms with Gasteiger partial charge in [-0.25, -0.2) is 0 Å². The molecule has 2 aromatic rings. The van der Waals surface area contributed by atoms with Crippen molar-refractivity contribution >= 4 is 23.3 Å². The molecular formula is C8H6Cl2N2S. The van der Waals surface area contributed by atoms with Gasteiger partial charge in [0.15, 0.2) is 0 Å². The van der Waals surface area contributed by atoms with Gasteiger partial charge in [-0.05, 0) is 23.7 Å². The fourth-order valence-electron chi connectivity index (χ4n) is 0.939. The van der Waals surface area contributed by atoms with Crippen LogP contribution in [0.4, 0.5) is 0 Å². The molecule has 1 aromatic heterocycles. The molecule has 0 unspecified atom stereocenters. The molecule has 0 spiro atoms. The minimum atomic E-state index is 0. The largest absolute Gasteiger partial charge is 1.00 e. The fourth-order valence-corrected chi connectivity index (χ4v) is 1.82. The molecule has 0 radical (unpaired) electrons. The second-order valence-electron chi connectivity index (χ2n) is 2.27. The van der Waals surface area contributed by atoms with Crippen molar-refractivity contribution in [3.63, 3.8) is 0 Å². The lowest BCUT2D eigenvalue weighted by Gasteiger charge is -1.91. The Hall–Kier alpha value is -0.640. The van der Waals surface area contributed by atoms with Crippen LogP contribution < -0.4 is 16.4 Å². The molecule has 0 saturated carbocycles. The summed E-state index contributed by atoms with van der Waals surface area (Å²) in [5.41, 5.74) is 1.05. The Morgan fingerprint density at radius 1 is 1.23 bits per heavy atom. The molecule has 13 heavy (non-hydrogen) atoms. The van der Waals surface area contributed by atoms with Crippen LogP contribution in [0.2, 0.25) is 5.15 Å². The van der Waals surface area contributed by atoms with E-state index in [0.29, 0.717) is 5.15 Å². The number of para-hydroxylation sites is 1. The summed E-state index contributed by atoms with van der Waals surface area (Å²) in [4.78, 5) is 0. The molecule has 0 aliphatic heterocycles. The van der Waals surface area contributed by atoms with E-state index < -0.39 is 0 Å². The van der Waals surface area contributed by atoms with Crippen molar-refractivity contribution < 1.29 is 16.4 Å². The smallest absolute Gasteiger partial charge is 0.283 e. The monoisotopic (exact) mass is 232 g/mol. The summed E-state index contributed by atoms with van der Waals surface area (Å²) >= 11 is 7.22. The number of rotatable bonds is 1. The maximum Gasteiger partial charge on any atom is 0.283 e. The average molecular weight is 233 g/mol. The summed E-state index contributed by atoms with van der Waals surface area (Å²) in [7, 11) is 0. The van der Waals surface area contributed by atoms with Crippen LogP contribution in [-0.2, 0) is 0 Å². The normalized spacial score (nSPS) is 9.31. The number of hydrogen-bond donors (Lipinski definition) is 0. The zero-order valence-electron chi connectivity index (χ0n) is 6.52. The van der Waals surface area contributed by atoms with Crippen LogP contribution >= 0.6 is 23.3 Å². The third-order valence-corrected chi connectivity index (χ3v) is 2.61. The van der Waals surface area contributed by atoms with E-state index in [2.05, 4.69) is 4.37 Å². The molecule has 0 aliphatic carbocycles. The highest BCUT2D eigenvalue weighted by Gasteiger charge is 2.11. The maximum absolute atomic E-state index is 5.89. The summed E-state index contributed by atoms with van der Waals surface area (Å²) < 4.78 is 5.83. The first-order valence-corrected chi connectivity index (χ1v) is 4.57. The summed E-state index contributed by atoms with van der Waals surface area (Å²) in [6.07, 6.45) is 1.64. The Labute approximate surface area is 91.5 Å². The standard InChI is InChI=1S/C8H6ClN2S.ClH/c9-8-6-10-12-11(8)7-4-2-1-3-5-7;/h1-6H;1H/q+1;/p-1. The average Bonchev–Trinajstić information content (AvgIpc) is 2.53. The Morgan fingerprint density at radius 2 is 1.92 bits per heavy atom. The minimum absolute atomic E-state index is 0. The fraction of sp³-hybridized carbons (Fsp3) is 0. The van der Waals surface area contributed by atoms with Gasteiger partial charge in [-0.15, -0.1) is 3.96 Å². The molecular weight excluding hydrogens is 227 g/mol. The third kappa shape index (κ3) is 2.18. The van der Waals surface area contributed by atoms with E-state index in [4.69, 9.17) is 11.6 Å². The molecule has 1 heterocycles. The zero-order valence-corrected chi connectivity index (χ0v) is 8.85. The van der Waals surface area contributed by atoms with Crippen LogP contribution in [0, 0.1) is 0 Å². The highest BCUT2D eigenvalue weighted by molar-refractivity contribution is 6.95. The Morgan fingerprint density at radius 3 is 2.46 bits per heavy atom. The second-order valence-corrected chi connectivity index (χ2v) is 3.40. The minimum Gasteiger partial charge on any atom is -1.00 e. The van der Waals surface area contributed by atoms with Crippen LogP contribution in [-0.4, -0.2) is 4.37 Å². The Balaban J connectivity index is 0.000000845. The zero-order chi connectivity index (χ0) is 8.39. The predicted molar refractivity (Wildman–Crippen MR) is 48.7 cm³/mol. The number of aromatic nitrogens is 2. The molecule has 0 aliphatic rings. The lowest BCUT2D eigenvalue weighted by atomic mass is 10.3. The quantitative estimate of drug-likeness (QED) is 0.582. The van der Waals surface area contributed by atoms with Crippen LogP contribution in [0.3, 0.4) is 0 Å². The van der Waals surface area contributed by atoms with Crippen molar-refractivity contribution in [2.75, 3.05) is 0 Å². The molecule has 0 N–H and O–H groups in total. The summed E-state index contributed by atoms with van der Waals surface area (Å²) in [5, 5.41) is 0.645. The molecule has 5 heteroatoms. The van der Waals surface area contributed by atoms with Crippen molar-refractivity contribution in [1.29, 1.82) is 0 Å². The van der Waals surface area contributed by atoms with Crippen LogP contribution in [0.15, 0.2) is 36.5 Å². The summed E-state index contributed by atoms with van der Waals surface area (Å²) in [5.74, 6) is 0. The summed E-state index contributed by atoms with van der Waals surface area (Å²) in [6.45, 7) is 0. The van der Waals surface area contributed by atoms with E-state index in [1.807, 2.05) is 34.3 Å². The van der Waals surface area contributed by atoms with Gasteiger partial charge in [-0.1, -0.05) is 18.2 Å². The molecule has 2 rings (SSSR count). The predicted octanol–water partition coefficient (Wildman–Crippen LogP) is -0.923. The van der Waals surface area contributed by atoms with E-state index in [9.17, 15) is 0 Å². The van der Waals surface area contributed by atoms with E-state index in [0.717, 1.165) is 5.69 Å². The Kier molecular flexibility index (Phi) is 3.66. The van der Waals surface area contributed by atoms with Crippen molar-refractivity contribution in [3.8, 4) is 5.69 Å². The van der Waals surface area contributed by atoms with Crippen molar-refractivity contribution in [2.24, 2.45) is 0 Å². The molecule has 0 atom stereocenters. The maximum atomic E-state index is 5.89. The van der Waals surface area contributed by atoms with Crippen LogP contribution in [0.1, 0.15) is 0 Å². The van der Waals surface area contributed by atoms with E-state index >= 15 is 0 Å². The number of halogens is 2. The van der Waals surface area contributed by atoms with Gasteiger partial charge < -0.3 is 12.4 Å². The number of benzene rings is 1. The molecule has 68 valence electrons. The summed E-state index contributed by atoms with van der Waals surface area (Å²) in [6, 6.07) is 9.89. The van der Waals surface area contributed by atoms with E-state index in [1.165, 1.54) is 11.7 Å². The van der Waals surface area contributed by atoms with Gasteiger partial charge in [0.25, 0.3) is 16.9 Å². The molecule has 0 bridgehead atoms.